The van der Waals surface area contributed by atoms with Crippen LogP contribution in [0.4, 0.5) is 0 Å². The van der Waals surface area contributed by atoms with Crippen molar-refractivity contribution in [3.05, 3.63) is 53.7 Å². The Labute approximate surface area is 123 Å². The summed E-state index contributed by atoms with van der Waals surface area (Å²) in [6.45, 7) is 11.3. The molecule has 0 amide bonds. The number of rotatable bonds is 3. The molecule has 1 heteroatoms. The van der Waals surface area contributed by atoms with E-state index in [1.165, 1.54) is 16.7 Å². The van der Waals surface area contributed by atoms with E-state index in [2.05, 4.69) is 76.1 Å². The summed E-state index contributed by atoms with van der Waals surface area (Å²) in [5, 5.41) is 0. The van der Waals surface area contributed by atoms with E-state index in [4.69, 9.17) is 0 Å². The van der Waals surface area contributed by atoms with Crippen LogP contribution in [0.15, 0.2) is 42.6 Å². The van der Waals surface area contributed by atoms with Gasteiger partial charge >= 0.3 is 0 Å². The Hall–Kier alpha value is -1.63. The average Bonchev–Trinajstić information content (AvgIpc) is 2.37. The first-order valence-corrected chi connectivity index (χ1v) is 7.43. The third kappa shape index (κ3) is 3.47. The summed E-state index contributed by atoms with van der Waals surface area (Å²) in [6.07, 6.45) is 3.18. The first kappa shape index (κ1) is 14.8. The molecule has 1 aromatic heterocycles. The van der Waals surface area contributed by atoms with Crippen LogP contribution in [0.3, 0.4) is 0 Å². The summed E-state index contributed by atoms with van der Waals surface area (Å²) in [6, 6.07) is 12.7. The molecule has 2 rings (SSSR count). The molecule has 1 heterocycles. The number of aromatic nitrogens is 1. The average molecular weight is 267 g/mol. The SMILES string of the molecule is CC(C)Cc1cc(-c2ccccc2)ncc1C(C)(C)C. The third-order valence-corrected chi connectivity index (χ3v) is 3.50. The maximum Gasteiger partial charge on any atom is 0.0704 e. The van der Waals surface area contributed by atoms with Gasteiger partial charge in [-0.3, -0.25) is 4.98 Å². The van der Waals surface area contributed by atoms with E-state index in [0.717, 1.165) is 12.1 Å². The summed E-state index contributed by atoms with van der Waals surface area (Å²) < 4.78 is 0. The lowest BCUT2D eigenvalue weighted by Gasteiger charge is -2.24. The molecule has 0 radical (unpaired) electrons. The largest absolute Gasteiger partial charge is 0.256 e. The van der Waals surface area contributed by atoms with Crippen molar-refractivity contribution < 1.29 is 0 Å². The molecule has 1 nitrogen and oxygen atoms in total. The quantitative estimate of drug-likeness (QED) is 0.740. The number of nitrogens with zero attached hydrogens (tertiary/aromatic N) is 1. The molecule has 0 unspecified atom stereocenters. The Morgan fingerprint density at radius 1 is 1.05 bits per heavy atom. The van der Waals surface area contributed by atoms with E-state index < -0.39 is 0 Å². The minimum absolute atomic E-state index is 0.145. The number of hydrogen-bond donors (Lipinski definition) is 0. The van der Waals surface area contributed by atoms with Crippen molar-refractivity contribution in [3.63, 3.8) is 0 Å². The first-order valence-electron chi connectivity index (χ1n) is 7.43. The van der Waals surface area contributed by atoms with E-state index >= 15 is 0 Å². The van der Waals surface area contributed by atoms with Gasteiger partial charge in [0.15, 0.2) is 0 Å². The van der Waals surface area contributed by atoms with Gasteiger partial charge in [-0.15, -0.1) is 0 Å². The zero-order valence-corrected chi connectivity index (χ0v) is 13.3. The number of hydrogen-bond acceptors (Lipinski definition) is 1. The summed E-state index contributed by atoms with van der Waals surface area (Å²) in [4.78, 5) is 4.68. The van der Waals surface area contributed by atoms with Gasteiger partial charge < -0.3 is 0 Å². The monoisotopic (exact) mass is 267 g/mol. The summed E-state index contributed by atoms with van der Waals surface area (Å²) in [5.74, 6) is 0.655. The van der Waals surface area contributed by atoms with Crippen LogP contribution in [0.1, 0.15) is 45.7 Å². The molecule has 0 fully saturated rings. The van der Waals surface area contributed by atoms with Crippen molar-refractivity contribution in [2.24, 2.45) is 5.92 Å². The molecule has 20 heavy (non-hydrogen) atoms. The van der Waals surface area contributed by atoms with Crippen LogP contribution in [0.25, 0.3) is 11.3 Å². The van der Waals surface area contributed by atoms with Crippen LogP contribution < -0.4 is 0 Å². The van der Waals surface area contributed by atoms with Crippen molar-refractivity contribution in [1.29, 1.82) is 0 Å². The molecule has 0 aliphatic heterocycles. The van der Waals surface area contributed by atoms with Gasteiger partial charge in [0.1, 0.15) is 0 Å². The lowest BCUT2D eigenvalue weighted by molar-refractivity contribution is 0.564. The fourth-order valence-corrected chi connectivity index (χ4v) is 2.55. The molecule has 106 valence electrons. The summed E-state index contributed by atoms with van der Waals surface area (Å²) >= 11 is 0. The van der Waals surface area contributed by atoms with E-state index in [0.29, 0.717) is 5.92 Å². The fraction of sp³-hybridized carbons (Fsp3) is 0.421. The highest BCUT2D eigenvalue weighted by atomic mass is 14.7. The van der Waals surface area contributed by atoms with Gasteiger partial charge in [-0.1, -0.05) is 65.0 Å². The normalized spacial score (nSPS) is 11.9. The molecule has 0 spiro atoms. The highest BCUT2D eigenvalue weighted by Crippen LogP contribution is 2.29. The Morgan fingerprint density at radius 2 is 1.70 bits per heavy atom. The first-order chi connectivity index (χ1) is 9.38. The highest BCUT2D eigenvalue weighted by Gasteiger charge is 2.19. The van der Waals surface area contributed by atoms with E-state index in [9.17, 15) is 0 Å². The van der Waals surface area contributed by atoms with Gasteiger partial charge in [0, 0.05) is 11.8 Å². The second kappa shape index (κ2) is 5.78. The minimum Gasteiger partial charge on any atom is -0.256 e. The summed E-state index contributed by atoms with van der Waals surface area (Å²) in [5.41, 5.74) is 5.21. The van der Waals surface area contributed by atoms with E-state index in [-0.39, 0.29) is 5.41 Å². The van der Waals surface area contributed by atoms with Crippen molar-refractivity contribution in [2.75, 3.05) is 0 Å². The molecule has 0 N–H and O–H groups in total. The molecule has 0 saturated carbocycles. The Morgan fingerprint density at radius 3 is 2.25 bits per heavy atom. The van der Waals surface area contributed by atoms with Crippen molar-refractivity contribution in [3.8, 4) is 11.3 Å². The van der Waals surface area contributed by atoms with Crippen molar-refractivity contribution in [2.45, 2.75) is 46.5 Å². The Kier molecular flexibility index (Phi) is 4.27. The standard InChI is InChI=1S/C19H25N/c1-14(2)11-16-12-18(15-9-7-6-8-10-15)20-13-17(16)19(3,4)5/h6-10,12-14H,11H2,1-5H3. The van der Waals surface area contributed by atoms with Gasteiger partial charge in [0.2, 0.25) is 0 Å². The molecule has 0 bridgehead atoms. The van der Waals surface area contributed by atoms with Crippen molar-refractivity contribution in [1.82, 2.24) is 4.98 Å². The molecule has 0 atom stereocenters. The van der Waals surface area contributed by atoms with E-state index in [1.54, 1.807) is 0 Å². The zero-order valence-electron chi connectivity index (χ0n) is 13.3. The van der Waals surface area contributed by atoms with Crippen LogP contribution in [0.5, 0.6) is 0 Å². The van der Waals surface area contributed by atoms with Gasteiger partial charge in [-0.25, -0.2) is 0 Å². The maximum absolute atomic E-state index is 4.68. The summed E-state index contributed by atoms with van der Waals surface area (Å²) in [7, 11) is 0. The topological polar surface area (TPSA) is 12.9 Å². The van der Waals surface area contributed by atoms with Crippen LogP contribution in [-0.4, -0.2) is 4.98 Å². The van der Waals surface area contributed by atoms with Crippen LogP contribution in [-0.2, 0) is 11.8 Å². The van der Waals surface area contributed by atoms with Crippen LogP contribution in [0, 0.1) is 5.92 Å². The second-order valence-electron chi connectivity index (χ2n) is 6.94. The van der Waals surface area contributed by atoms with Gasteiger partial charge in [0.25, 0.3) is 0 Å². The maximum atomic E-state index is 4.68. The lowest BCUT2D eigenvalue weighted by atomic mass is 9.82. The zero-order chi connectivity index (χ0) is 14.8. The minimum atomic E-state index is 0.145. The highest BCUT2D eigenvalue weighted by molar-refractivity contribution is 5.60. The van der Waals surface area contributed by atoms with Gasteiger partial charge in [-0.2, -0.15) is 0 Å². The molecule has 1 aromatic carbocycles. The Bertz CT molecular complexity index is 562. The molecular formula is C19H25N. The molecule has 2 aromatic rings. The smallest absolute Gasteiger partial charge is 0.0704 e. The molecule has 0 aliphatic rings. The van der Waals surface area contributed by atoms with Crippen LogP contribution in [0.2, 0.25) is 0 Å². The third-order valence-electron chi connectivity index (χ3n) is 3.50. The van der Waals surface area contributed by atoms with Crippen molar-refractivity contribution >= 4 is 0 Å². The number of pyridine rings is 1. The predicted octanol–water partition coefficient (Wildman–Crippen LogP) is 5.24. The van der Waals surface area contributed by atoms with Crippen LogP contribution >= 0.6 is 0 Å². The van der Waals surface area contributed by atoms with Gasteiger partial charge in [-0.05, 0) is 34.9 Å². The fourth-order valence-electron chi connectivity index (χ4n) is 2.55. The van der Waals surface area contributed by atoms with E-state index in [1.807, 2.05) is 6.07 Å². The van der Waals surface area contributed by atoms with Gasteiger partial charge in [0.05, 0.1) is 5.69 Å². The number of benzene rings is 1. The second-order valence-corrected chi connectivity index (χ2v) is 6.94. The Balaban J connectivity index is 2.49. The molecule has 0 aliphatic carbocycles. The lowest BCUT2D eigenvalue weighted by Crippen LogP contribution is -2.16. The molecule has 0 saturated heterocycles. The predicted molar refractivity (Wildman–Crippen MR) is 86.9 cm³/mol. The molecular weight excluding hydrogens is 242 g/mol.